The summed E-state index contributed by atoms with van der Waals surface area (Å²) in [5.74, 6) is 0.112. The highest BCUT2D eigenvalue weighted by atomic mass is 32.2. The van der Waals surface area contributed by atoms with Gasteiger partial charge in [0, 0.05) is 5.38 Å². The normalized spacial score (nSPS) is 12.1. The predicted molar refractivity (Wildman–Crippen MR) is 91.0 cm³/mol. The van der Waals surface area contributed by atoms with Crippen molar-refractivity contribution >= 4 is 29.1 Å². The van der Waals surface area contributed by atoms with Crippen LogP contribution in [0.3, 0.4) is 0 Å². The van der Waals surface area contributed by atoms with E-state index in [9.17, 15) is 4.79 Å². The zero-order chi connectivity index (χ0) is 16.9. The van der Waals surface area contributed by atoms with Crippen LogP contribution in [0.15, 0.2) is 45.4 Å². The van der Waals surface area contributed by atoms with E-state index in [4.69, 9.17) is 9.15 Å². The second kappa shape index (κ2) is 7.59. The summed E-state index contributed by atoms with van der Waals surface area (Å²) in [6.07, 6.45) is 0.478. The van der Waals surface area contributed by atoms with Gasteiger partial charge in [-0.25, -0.2) is 4.98 Å². The summed E-state index contributed by atoms with van der Waals surface area (Å²) in [7, 11) is 1.36. The summed E-state index contributed by atoms with van der Waals surface area (Å²) in [5, 5.41) is 10.8. The van der Waals surface area contributed by atoms with Gasteiger partial charge in [0.05, 0.1) is 24.2 Å². The lowest BCUT2D eigenvalue weighted by molar-refractivity contribution is -0.140. The first-order valence-corrected chi connectivity index (χ1v) is 8.94. The monoisotopic (exact) mass is 361 g/mol. The molecule has 0 fully saturated rings. The van der Waals surface area contributed by atoms with Gasteiger partial charge in [-0.05, 0) is 24.2 Å². The number of nitrogens with zero attached hydrogens (tertiary/aromatic N) is 3. The summed E-state index contributed by atoms with van der Waals surface area (Å²) in [6.45, 7) is 1.95. The third kappa shape index (κ3) is 4.01. The topological polar surface area (TPSA) is 78.1 Å². The van der Waals surface area contributed by atoms with Gasteiger partial charge in [0.1, 0.15) is 5.25 Å². The molecule has 2 heterocycles. The van der Waals surface area contributed by atoms with Crippen LogP contribution in [0, 0.1) is 6.92 Å². The number of esters is 1. The van der Waals surface area contributed by atoms with Crippen LogP contribution in [0.2, 0.25) is 0 Å². The lowest BCUT2D eigenvalue weighted by Crippen LogP contribution is -2.11. The number of ether oxygens (including phenoxy) is 1. The van der Waals surface area contributed by atoms with Crippen molar-refractivity contribution < 1.29 is 13.9 Å². The van der Waals surface area contributed by atoms with Gasteiger partial charge in [0.2, 0.25) is 5.89 Å². The highest BCUT2D eigenvalue weighted by Gasteiger charge is 2.25. The Morgan fingerprint density at radius 1 is 1.33 bits per heavy atom. The van der Waals surface area contributed by atoms with Crippen molar-refractivity contribution in [3.8, 4) is 0 Å². The Balaban J connectivity index is 1.74. The molecule has 0 saturated carbocycles. The van der Waals surface area contributed by atoms with E-state index < -0.39 is 5.25 Å². The summed E-state index contributed by atoms with van der Waals surface area (Å²) >= 11 is 2.76. The first kappa shape index (κ1) is 16.7. The van der Waals surface area contributed by atoms with Gasteiger partial charge in [-0.1, -0.05) is 30.3 Å². The van der Waals surface area contributed by atoms with Crippen molar-refractivity contribution in [3.05, 3.63) is 57.9 Å². The molecule has 0 bridgehead atoms. The standard InChI is InChI=1S/C16H15N3O3S2/c1-10-17-12(9-23-10)8-13-18-19-16(22-13)24-14(15(20)21-2)11-6-4-3-5-7-11/h3-7,9,14H,8H2,1-2H3. The molecule has 0 amide bonds. The Labute approximate surface area is 147 Å². The number of rotatable bonds is 6. The molecule has 3 aromatic rings. The average molecular weight is 361 g/mol. The zero-order valence-electron chi connectivity index (χ0n) is 13.1. The molecule has 6 nitrogen and oxygen atoms in total. The van der Waals surface area contributed by atoms with Crippen LogP contribution in [0.5, 0.6) is 0 Å². The minimum Gasteiger partial charge on any atom is -0.468 e. The molecule has 0 aliphatic rings. The van der Waals surface area contributed by atoms with Gasteiger partial charge >= 0.3 is 5.97 Å². The fourth-order valence-corrected chi connectivity index (χ4v) is 3.62. The number of thioether (sulfide) groups is 1. The van der Waals surface area contributed by atoms with Gasteiger partial charge in [0.25, 0.3) is 5.22 Å². The number of methoxy groups -OCH3 is 1. The Morgan fingerprint density at radius 2 is 2.12 bits per heavy atom. The van der Waals surface area contributed by atoms with Crippen molar-refractivity contribution in [1.29, 1.82) is 0 Å². The molecule has 1 aromatic carbocycles. The fourth-order valence-electron chi connectivity index (χ4n) is 2.09. The first-order valence-electron chi connectivity index (χ1n) is 7.18. The summed E-state index contributed by atoms with van der Waals surface area (Å²) in [4.78, 5) is 16.5. The number of carbonyl (C=O) groups excluding carboxylic acids is 1. The maximum atomic E-state index is 12.1. The van der Waals surface area contributed by atoms with Crippen LogP contribution < -0.4 is 0 Å². The molecule has 1 atom stereocenters. The molecular formula is C16H15N3O3S2. The molecular weight excluding hydrogens is 346 g/mol. The highest BCUT2D eigenvalue weighted by Crippen LogP contribution is 2.35. The third-order valence-electron chi connectivity index (χ3n) is 3.18. The molecule has 3 rings (SSSR count). The van der Waals surface area contributed by atoms with Gasteiger partial charge < -0.3 is 9.15 Å². The van der Waals surface area contributed by atoms with Crippen molar-refractivity contribution in [2.24, 2.45) is 0 Å². The number of carbonyl (C=O) groups is 1. The van der Waals surface area contributed by atoms with Gasteiger partial charge in [-0.2, -0.15) is 0 Å². The van der Waals surface area contributed by atoms with E-state index in [0.29, 0.717) is 17.5 Å². The van der Waals surface area contributed by atoms with Gasteiger partial charge in [-0.15, -0.1) is 21.5 Å². The number of hydrogen-bond donors (Lipinski definition) is 0. The van der Waals surface area contributed by atoms with Crippen LogP contribution in [-0.4, -0.2) is 28.3 Å². The Kier molecular flexibility index (Phi) is 5.27. The molecule has 0 N–H and O–H groups in total. The second-order valence-corrected chi connectivity index (χ2v) is 7.05. The average Bonchev–Trinajstić information content (AvgIpc) is 3.22. The molecule has 0 spiro atoms. The maximum absolute atomic E-state index is 12.1. The van der Waals surface area contributed by atoms with Gasteiger partial charge in [-0.3, -0.25) is 4.79 Å². The van der Waals surface area contributed by atoms with Crippen molar-refractivity contribution in [2.45, 2.75) is 23.8 Å². The van der Waals surface area contributed by atoms with Crippen LogP contribution in [0.4, 0.5) is 0 Å². The molecule has 0 aliphatic carbocycles. The number of hydrogen-bond acceptors (Lipinski definition) is 8. The molecule has 24 heavy (non-hydrogen) atoms. The number of thiazole rings is 1. The molecule has 0 aliphatic heterocycles. The zero-order valence-corrected chi connectivity index (χ0v) is 14.8. The summed E-state index contributed by atoms with van der Waals surface area (Å²) in [6, 6.07) is 9.36. The van der Waals surface area contributed by atoms with Crippen LogP contribution in [-0.2, 0) is 16.0 Å². The Hall–Kier alpha value is -2.19. The first-order chi connectivity index (χ1) is 11.7. The van der Waals surface area contributed by atoms with Crippen LogP contribution >= 0.6 is 23.1 Å². The molecule has 0 radical (unpaired) electrons. The molecule has 2 aromatic heterocycles. The summed E-state index contributed by atoms with van der Waals surface area (Å²) in [5.41, 5.74) is 1.72. The summed E-state index contributed by atoms with van der Waals surface area (Å²) < 4.78 is 10.5. The smallest absolute Gasteiger partial charge is 0.323 e. The number of aromatic nitrogens is 3. The van der Waals surface area contributed by atoms with Crippen LogP contribution in [0.25, 0.3) is 0 Å². The molecule has 124 valence electrons. The molecule has 8 heteroatoms. The second-order valence-electron chi connectivity index (χ2n) is 4.93. The molecule has 1 unspecified atom stereocenters. The predicted octanol–water partition coefficient (Wildman–Crippen LogP) is 3.43. The van der Waals surface area contributed by atoms with Crippen LogP contribution in [0.1, 0.15) is 27.4 Å². The van der Waals surface area contributed by atoms with E-state index in [1.54, 1.807) is 11.3 Å². The van der Waals surface area contributed by atoms with E-state index >= 15 is 0 Å². The minimum atomic E-state index is -0.550. The SMILES string of the molecule is COC(=O)C(Sc1nnc(Cc2csc(C)n2)o1)c1ccccc1. The minimum absolute atomic E-state index is 0.330. The Bertz CT molecular complexity index is 817. The third-order valence-corrected chi connectivity index (χ3v) is 5.07. The largest absolute Gasteiger partial charge is 0.468 e. The highest BCUT2D eigenvalue weighted by molar-refractivity contribution is 8.00. The maximum Gasteiger partial charge on any atom is 0.323 e. The van der Waals surface area contributed by atoms with Crippen molar-refractivity contribution in [2.75, 3.05) is 7.11 Å². The van der Waals surface area contributed by atoms with E-state index in [1.165, 1.54) is 18.9 Å². The van der Waals surface area contributed by atoms with Crippen molar-refractivity contribution in [1.82, 2.24) is 15.2 Å². The van der Waals surface area contributed by atoms with E-state index in [2.05, 4.69) is 15.2 Å². The fraction of sp³-hybridized carbons (Fsp3) is 0.250. The number of benzene rings is 1. The van der Waals surface area contributed by atoms with Gasteiger partial charge in [0.15, 0.2) is 0 Å². The van der Waals surface area contributed by atoms with Crippen molar-refractivity contribution in [3.63, 3.8) is 0 Å². The van der Waals surface area contributed by atoms with E-state index in [-0.39, 0.29) is 5.97 Å². The quantitative estimate of drug-likeness (QED) is 0.491. The number of aryl methyl sites for hydroxylation is 1. The van der Waals surface area contributed by atoms with E-state index in [1.807, 2.05) is 42.6 Å². The lowest BCUT2D eigenvalue weighted by atomic mass is 10.1. The molecule has 0 saturated heterocycles. The Morgan fingerprint density at radius 3 is 2.79 bits per heavy atom. The van der Waals surface area contributed by atoms with E-state index in [0.717, 1.165) is 16.3 Å². The lowest BCUT2D eigenvalue weighted by Gasteiger charge is -2.11.